The normalized spacial score (nSPS) is 12.9. The van der Waals surface area contributed by atoms with Crippen LogP contribution in [0.3, 0.4) is 0 Å². The third kappa shape index (κ3) is 9.53. The van der Waals surface area contributed by atoms with Gasteiger partial charge in [-0.1, -0.05) is 33.6 Å². The summed E-state index contributed by atoms with van der Waals surface area (Å²) in [7, 11) is 0. The van der Waals surface area contributed by atoms with Crippen LogP contribution in [-0.2, 0) is 14.3 Å². The molecule has 6 nitrogen and oxygen atoms in total. The molecule has 1 atom stereocenters. The van der Waals surface area contributed by atoms with Crippen LogP contribution in [0.1, 0.15) is 85.0 Å². The van der Waals surface area contributed by atoms with Crippen LogP contribution in [0.2, 0.25) is 0 Å². The Labute approximate surface area is 158 Å². The quantitative estimate of drug-likeness (QED) is 0.313. The third-order valence-electron chi connectivity index (χ3n) is 5.19. The van der Waals surface area contributed by atoms with Crippen LogP contribution >= 0.6 is 0 Å². The fraction of sp³-hybridized carbons (Fsp3) is 0.900. The second-order valence-electron chi connectivity index (χ2n) is 6.99. The molecule has 0 fully saturated rings. The zero-order valence-electron chi connectivity index (χ0n) is 16.9. The first-order valence-corrected chi connectivity index (χ1v) is 10.2. The summed E-state index contributed by atoms with van der Waals surface area (Å²) in [5, 5.41) is 22.0. The van der Waals surface area contributed by atoms with Crippen molar-refractivity contribution in [3.63, 3.8) is 0 Å². The van der Waals surface area contributed by atoms with Gasteiger partial charge in [-0.25, -0.2) is 0 Å². The molecule has 1 unspecified atom stereocenters. The van der Waals surface area contributed by atoms with E-state index in [1.807, 2.05) is 13.8 Å². The number of rotatable bonds is 18. The number of nitrogens with one attached hydrogen (secondary N) is 1. The maximum absolute atomic E-state index is 12.0. The predicted molar refractivity (Wildman–Crippen MR) is 104 cm³/mol. The van der Waals surface area contributed by atoms with Crippen molar-refractivity contribution in [1.82, 2.24) is 5.32 Å². The van der Waals surface area contributed by atoms with Gasteiger partial charge in [0.1, 0.15) is 0 Å². The molecule has 3 N–H and O–H groups in total. The molecule has 26 heavy (non-hydrogen) atoms. The molecule has 0 heterocycles. The largest absolute Gasteiger partial charge is 0.481 e. The molecule has 0 saturated carbocycles. The number of carboxylic acids is 2. The van der Waals surface area contributed by atoms with E-state index in [1.165, 1.54) is 0 Å². The minimum atomic E-state index is -0.771. The van der Waals surface area contributed by atoms with Crippen molar-refractivity contribution < 1.29 is 24.5 Å². The van der Waals surface area contributed by atoms with E-state index in [9.17, 15) is 14.7 Å². The molecule has 6 heteroatoms. The monoisotopic (exact) mass is 373 g/mol. The van der Waals surface area contributed by atoms with Crippen LogP contribution in [-0.4, -0.2) is 48.0 Å². The van der Waals surface area contributed by atoms with Gasteiger partial charge < -0.3 is 20.3 Å². The highest BCUT2D eigenvalue weighted by atomic mass is 16.5. The van der Waals surface area contributed by atoms with Crippen molar-refractivity contribution in [2.24, 2.45) is 5.41 Å². The van der Waals surface area contributed by atoms with Gasteiger partial charge in [0.15, 0.2) is 0 Å². The Kier molecular flexibility index (Phi) is 14.3. The zero-order chi connectivity index (χ0) is 19.8. The number of unbranched alkanes of at least 4 members (excludes halogenated alkanes) is 3. The van der Waals surface area contributed by atoms with E-state index in [0.29, 0.717) is 19.3 Å². The van der Waals surface area contributed by atoms with Crippen LogP contribution in [0, 0.1) is 5.41 Å². The molecular weight excluding hydrogens is 334 g/mol. The minimum Gasteiger partial charge on any atom is -0.481 e. The summed E-state index contributed by atoms with van der Waals surface area (Å²) in [4.78, 5) is 22.6. The summed E-state index contributed by atoms with van der Waals surface area (Å²) in [6, 6.07) is -0.0867. The van der Waals surface area contributed by atoms with Gasteiger partial charge in [0.2, 0.25) is 0 Å². The van der Waals surface area contributed by atoms with Gasteiger partial charge in [-0.3, -0.25) is 9.59 Å². The van der Waals surface area contributed by atoms with Crippen LogP contribution in [0.15, 0.2) is 0 Å². The fourth-order valence-electron chi connectivity index (χ4n) is 3.42. The molecule has 0 bridgehead atoms. The second kappa shape index (κ2) is 15.0. The standard InChI is InChI=1S/C20H39NO5/c1-4-15-26-16-11-10-14-21-17(12-8-7-9-13-18(22)23)20(5-2,6-3)19(24)25/h17,21H,4-16H2,1-3H3,(H,22,23)(H,24,25). The lowest BCUT2D eigenvalue weighted by atomic mass is 9.73. The summed E-state index contributed by atoms with van der Waals surface area (Å²) >= 11 is 0. The first kappa shape index (κ1) is 24.9. The van der Waals surface area contributed by atoms with Crippen molar-refractivity contribution in [3.8, 4) is 0 Å². The van der Waals surface area contributed by atoms with E-state index in [4.69, 9.17) is 9.84 Å². The lowest BCUT2D eigenvalue weighted by Crippen LogP contribution is -2.50. The molecule has 0 rings (SSSR count). The van der Waals surface area contributed by atoms with Crippen LogP contribution in [0.4, 0.5) is 0 Å². The molecule has 0 aliphatic rings. The molecule has 0 spiro atoms. The molecule has 0 radical (unpaired) electrons. The van der Waals surface area contributed by atoms with E-state index in [2.05, 4.69) is 12.2 Å². The first-order valence-electron chi connectivity index (χ1n) is 10.2. The average molecular weight is 374 g/mol. The van der Waals surface area contributed by atoms with Gasteiger partial charge in [-0.05, 0) is 51.5 Å². The van der Waals surface area contributed by atoms with Gasteiger partial charge in [0, 0.05) is 25.7 Å². The highest BCUT2D eigenvalue weighted by molar-refractivity contribution is 5.75. The molecule has 0 aliphatic heterocycles. The van der Waals surface area contributed by atoms with E-state index in [-0.39, 0.29) is 12.5 Å². The number of hydrogen-bond acceptors (Lipinski definition) is 4. The number of aliphatic carboxylic acids is 2. The Morgan fingerprint density at radius 3 is 2.19 bits per heavy atom. The van der Waals surface area contributed by atoms with Crippen LogP contribution in [0.5, 0.6) is 0 Å². The van der Waals surface area contributed by atoms with Crippen molar-refractivity contribution in [2.45, 2.75) is 91.0 Å². The Hall–Kier alpha value is -1.14. The van der Waals surface area contributed by atoms with Gasteiger partial charge in [-0.15, -0.1) is 0 Å². The highest BCUT2D eigenvalue weighted by Crippen LogP contribution is 2.34. The molecule has 0 aliphatic carbocycles. The van der Waals surface area contributed by atoms with Gasteiger partial charge in [0.05, 0.1) is 5.41 Å². The van der Waals surface area contributed by atoms with Crippen molar-refractivity contribution in [3.05, 3.63) is 0 Å². The average Bonchev–Trinajstić information content (AvgIpc) is 2.60. The molecule has 0 aromatic heterocycles. The number of ether oxygens (including phenoxy) is 1. The van der Waals surface area contributed by atoms with Crippen molar-refractivity contribution >= 4 is 11.9 Å². The number of carbonyl (C=O) groups is 2. The van der Waals surface area contributed by atoms with E-state index >= 15 is 0 Å². The van der Waals surface area contributed by atoms with Gasteiger partial charge in [0.25, 0.3) is 0 Å². The molecule has 0 aromatic carbocycles. The number of carboxylic acid groups (broad SMARTS) is 2. The van der Waals surface area contributed by atoms with Crippen LogP contribution < -0.4 is 5.32 Å². The topological polar surface area (TPSA) is 95.9 Å². The summed E-state index contributed by atoms with van der Waals surface area (Å²) < 4.78 is 5.48. The summed E-state index contributed by atoms with van der Waals surface area (Å²) in [6.45, 7) is 8.29. The van der Waals surface area contributed by atoms with Gasteiger partial charge in [-0.2, -0.15) is 0 Å². The summed E-state index contributed by atoms with van der Waals surface area (Å²) in [5.74, 6) is -1.51. The Morgan fingerprint density at radius 1 is 0.962 bits per heavy atom. The van der Waals surface area contributed by atoms with Crippen molar-refractivity contribution in [1.29, 1.82) is 0 Å². The third-order valence-corrected chi connectivity index (χ3v) is 5.19. The van der Waals surface area contributed by atoms with E-state index in [1.54, 1.807) is 0 Å². The fourth-order valence-corrected chi connectivity index (χ4v) is 3.42. The summed E-state index contributed by atoms with van der Waals surface area (Å²) in [5.41, 5.74) is -0.758. The maximum Gasteiger partial charge on any atom is 0.311 e. The van der Waals surface area contributed by atoms with E-state index < -0.39 is 17.4 Å². The molecule has 0 saturated heterocycles. The zero-order valence-corrected chi connectivity index (χ0v) is 16.9. The smallest absolute Gasteiger partial charge is 0.311 e. The highest BCUT2D eigenvalue weighted by Gasteiger charge is 2.42. The van der Waals surface area contributed by atoms with E-state index in [0.717, 1.165) is 58.3 Å². The predicted octanol–water partition coefficient (Wildman–Crippen LogP) is 4.08. The Balaban J connectivity index is 4.53. The number of hydrogen-bond donors (Lipinski definition) is 3. The molecule has 0 aromatic rings. The SMILES string of the molecule is CCCOCCCCNC(CCCCCC(=O)O)C(CC)(CC)C(=O)O. The second-order valence-corrected chi connectivity index (χ2v) is 6.99. The molecule has 154 valence electrons. The molecular formula is C20H39NO5. The Morgan fingerprint density at radius 2 is 1.65 bits per heavy atom. The summed E-state index contributed by atoms with van der Waals surface area (Å²) in [6.07, 6.45) is 7.39. The maximum atomic E-state index is 12.0. The molecule has 0 amide bonds. The first-order chi connectivity index (χ1) is 12.4. The van der Waals surface area contributed by atoms with Gasteiger partial charge >= 0.3 is 11.9 Å². The minimum absolute atomic E-state index is 0.0867. The lowest BCUT2D eigenvalue weighted by Gasteiger charge is -2.36. The lowest BCUT2D eigenvalue weighted by molar-refractivity contribution is -0.151. The van der Waals surface area contributed by atoms with Crippen molar-refractivity contribution in [2.75, 3.05) is 19.8 Å². The Bertz CT molecular complexity index is 382. The van der Waals surface area contributed by atoms with Crippen LogP contribution in [0.25, 0.3) is 0 Å².